The lowest BCUT2D eigenvalue weighted by Gasteiger charge is -2.28. The zero-order chi connectivity index (χ0) is 13.5. The van der Waals surface area contributed by atoms with Crippen molar-refractivity contribution >= 4 is 5.91 Å². The maximum Gasteiger partial charge on any atom is 0.237 e. The monoisotopic (exact) mass is 268 g/mol. The quantitative estimate of drug-likeness (QED) is 0.659. The SMILES string of the molecule is CCC1CCNC(C(=O)NCCCOCC2CC2)C1. The fourth-order valence-corrected chi connectivity index (χ4v) is 2.61. The number of carbonyl (C=O) groups excluding carboxylic acids is 1. The van der Waals surface area contributed by atoms with Crippen LogP contribution < -0.4 is 10.6 Å². The van der Waals surface area contributed by atoms with Crippen molar-refractivity contribution in [1.82, 2.24) is 10.6 Å². The third kappa shape index (κ3) is 5.49. The first kappa shape index (κ1) is 14.8. The standard InChI is InChI=1S/C15H28N2O2/c1-2-12-6-8-16-14(10-12)15(18)17-7-3-9-19-11-13-4-5-13/h12-14,16H,2-11H2,1H3,(H,17,18). The van der Waals surface area contributed by atoms with Gasteiger partial charge in [0.1, 0.15) is 0 Å². The highest BCUT2D eigenvalue weighted by Gasteiger charge is 2.25. The second kappa shape index (κ2) is 7.85. The summed E-state index contributed by atoms with van der Waals surface area (Å²) < 4.78 is 5.55. The predicted octanol–water partition coefficient (Wildman–Crippen LogP) is 1.70. The molecule has 0 radical (unpaired) electrons. The van der Waals surface area contributed by atoms with E-state index in [9.17, 15) is 4.79 Å². The van der Waals surface area contributed by atoms with Gasteiger partial charge in [-0.1, -0.05) is 13.3 Å². The van der Waals surface area contributed by atoms with E-state index in [1.54, 1.807) is 0 Å². The Morgan fingerprint density at radius 2 is 2.16 bits per heavy atom. The Hall–Kier alpha value is -0.610. The van der Waals surface area contributed by atoms with E-state index < -0.39 is 0 Å². The van der Waals surface area contributed by atoms with Crippen LogP contribution in [0.1, 0.15) is 45.4 Å². The highest BCUT2D eigenvalue weighted by Crippen LogP contribution is 2.28. The molecule has 4 heteroatoms. The lowest BCUT2D eigenvalue weighted by Crippen LogP contribution is -2.48. The Bertz CT molecular complexity index is 279. The second-order valence-electron chi connectivity index (χ2n) is 5.97. The Balaban J connectivity index is 1.50. The minimum atomic E-state index is 0.0195. The van der Waals surface area contributed by atoms with Gasteiger partial charge in [-0.05, 0) is 50.5 Å². The average Bonchev–Trinajstić information content (AvgIpc) is 3.26. The first-order valence-corrected chi connectivity index (χ1v) is 7.88. The van der Waals surface area contributed by atoms with Gasteiger partial charge in [0.05, 0.1) is 6.04 Å². The Kier molecular flexibility index (Phi) is 6.11. The van der Waals surface area contributed by atoms with Crippen LogP contribution in [0.4, 0.5) is 0 Å². The molecule has 2 unspecified atom stereocenters. The first-order chi connectivity index (χ1) is 9.29. The van der Waals surface area contributed by atoms with Gasteiger partial charge >= 0.3 is 0 Å². The van der Waals surface area contributed by atoms with E-state index in [1.165, 1.54) is 25.7 Å². The molecule has 0 bridgehead atoms. The molecule has 1 aliphatic heterocycles. The molecule has 110 valence electrons. The molecule has 0 spiro atoms. The third-order valence-corrected chi connectivity index (χ3v) is 4.22. The van der Waals surface area contributed by atoms with Crippen molar-refractivity contribution in [3.05, 3.63) is 0 Å². The van der Waals surface area contributed by atoms with Crippen LogP contribution in [0.5, 0.6) is 0 Å². The summed E-state index contributed by atoms with van der Waals surface area (Å²) in [4.78, 5) is 12.0. The first-order valence-electron chi connectivity index (χ1n) is 7.88. The molecule has 1 saturated heterocycles. The maximum absolute atomic E-state index is 12.0. The average molecular weight is 268 g/mol. The highest BCUT2D eigenvalue weighted by atomic mass is 16.5. The number of amides is 1. The van der Waals surface area contributed by atoms with Crippen LogP contribution in [0.15, 0.2) is 0 Å². The van der Waals surface area contributed by atoms with E-state index in [0.717, 1.165) is 45.1 Å². The number of ether oxygens (including phenoxy) is 1. The molecule has 19 heavy (non-hydrogen) atoms. The summed E-state index contributed by atoms with van der Waals surface area (Å²) in [6.07, 6.45) is 6.96. The summed E-state index contributed by atoms with van der Waals surface area (Å²) in [5.41, 5.74) is 0. The summed E-state index contributed by atoms with van der Waals surface area (Å²) in [6, 6.07) is 0.0195. The summed E-state index contributed by atoms with van der Waals surface area (Å²) in [7, 11) is 0. The summed E-state index contributed by atoms with van der Waals surface area (Å²) in [5, 5.41) is 6.33. The van der Waals surface area contributed by atoms with Crippen molar-refractivity contribution in [1.29, 1.82) is 0 Å². The molecule has 4 nitrogen and oxygen atoms in total. The van der Waals surface area contributed by atoms with E-state index in [2.05, 4.69) is 17.6 Å². The maximum atomic E-state index is 12.0. The molecule has 2 rings (SSSR count). The molecule has 2 N–H and O–H groups in total. The van der Waals surface area contributed by atoms with Gasteiger partial charge < -0.3 is 15.4 Å². The molecule has 1 aliphatic carbocycles. The van der Waals surface area contributed by atoms with Crippen LogP contribution in [0.3, 0.4) is 0 Å². The van der Waals surface area contributed by atoms with Gasteiger partial charge in [0.2, 0.25) is 5.91 Å². The lowest BCUT2D eigenvalue weighted by atomic mass is 9.90. The topological polar surface area (TPSA) is 50.4 Å². The van der Waals surface area contributed by atoms with Crippen LogP contribution in [-0.2, 0) is 9.53 Å². The second-order valence-corrected chi connectivity index (χ2v) is 5.97. The number of hydrogen-bond donors (Lipinski definition) is 2. The van der Waals surface area contributed by atoms with Crippen LogP contribution in [0.2, 0.25) is 0 Å². The van der Waals surface area contributed by atoms with Crippen LogP contribution >= 0.6 is 0 Å². The normalized spacial score (nSPS) is 27.2. The summed E-state index contributed by atoms with van der Waals surface area (Å²) in [6.45, 7) is 5.60. The number of piperidine rings is 1. The van der Waals surface area contributed by atoms with Gasteiger partial charge in [0.15, 0.2) is 0 Å². The zero-order valence-electron chi connectivity index (χ0n) is 12.1. The van der Waals surface area contributed by atoms with Crippen molar-refractivity contribution in [3.8, 4) is 0 Å². The van der Waals surface area contributed by atoms with E-state index in [0.29, 0.717) is 5.92 Å². The van der Waals surface area contributed by atoms with Crippen LogP contribution in [0.25, 0.3) is 0 Å². The van der Waals surface area contributed by atoms with Gasteiger partial charge in [-0.2, -0.15) is 0 Å². The van der Waals surface area contributed by atoms with Crippen LogP contribution in [0, 0.1) is 11.8 Å². The largest absolute Gasteiger partial charge is 0.381 e. The molecule has 0 aromatic heterocycles. The van der Waals surface area contributed by atoms with Crippen molar-refractivity contribution in [2.75, 3.05) is 26.3 Å². The molecule has 2 fully saturated rings. The lowest BCUT2D eigenvalue weighted by molar-refractivity contribution is -0.124. The Morgan fingerprint density at radius 1 is 1.32 bits per heavy atom. The molecule has 2 aliphatic rings. The molecular formula is C15H28N2O2. The van der Waals surface area contributed by atoms with E-state index in [4.69, 9.17) is 4.74 Å². The molecular weight excluding hydrogens is 240 g/mol. The number of rotatable bonds is 8. The minimum Gasteiger partial charge on any atom is -0.381 e. The molecule has 1 saturated carbocycles. The summed E-state index contributed by atoms with van der Waals surface area (Å²) >= 11 is 0. The van der Waals surface area contributed by atoms with Crippen LogP contribution in [-0.4, -0.2) is 38.3 Å². The number of hydrogen-bond acceptors (Lipinski definition) is 3. The molecule has 0 aromatic rings. The molecule has 2 atom stereocenters. The van der Waals surface area contributed by atoms with Gasteiger partial charge in [-0.25, -0.2) is 0 Å². The van der Waals surface area contributed by atoms with Crippen molar-refractivity contribution in [2.45, 2.75) is 51.5 Å². The third-order valence-electron chi connectivity index (χ3n) is 4.22. The number of carbonyl (C=O) groups is 1. The van der Waals surface area contributed by atoms with Crippen molar-refractivity contribution in [2.24, 2.45) is 11.8 Å². The minimum absolute atomic E-state index is 0.0195. The molecule has 0 aromatic carbocycles. The zero-order valence-corrected chi connectivity index (χ0v) is 12.1. The molecule has 1 amide bonds. The summed E-state index contributed by atoms with van der Waals surface area (Å²) in [5.74, 6) is 1.70. The van der Waals surface area contributed by atoms with Gasteiger partial charge in [0, 0.05) is 19.8 Å². The number of nitrogens with one attached hydrogen (secondary N) is 2. The van der Waals surface area contributed by atoms with Gasteiger partial charge in [0.25, 0.3) is 0 Å². The van der Waals surface area contributed by atoms with E-state index in [-0.39, 0.29) is 11.9 Å². The van der Waals surface area contributed by atoms with Crippen molar-refractivity contribution in [3.63, 3.8) is 0 Å². The fraction of sp³-hybridized carbons (Fsp3) is 0.933. The van der Waals surface area contributed by atoms with E-state index in [1.807, 2.05) is 0 Å². The van der Waals surface area contributed by atoms with Crippen molar-refractivity contribution < 1.29 is 9.53 Å². The van der Waals surface area contributed by atoms with E-state index >= 15 is 0 Å². The fourth-order valence-electron chi connectivity index (χ4n) is 2.61. The molecule has 1 heterocycles. The Labute approximate surface area is 116 Å². The predicted molar refractivity (Wildman–Crippen MR) is 76.0 cm³/mol. The Morgan fingerprint density at radius 3 is 2.89 bits per heavy atom. The van der Waals surface area contributed by atoms with Gasteiger partial charge in [-0.3, -0.25) is 4.79 Å². The smallest absolute Gasteiger partial charge is 0.237 e. The van der Waals surface area contributed by atoms with Gasteiger partial charge in [-0.15, -0.1) is 0 Å². The highest BCUT2D eigenvalue weighted by molar-refractivity contribution is 5.81.